The van der Waals surface area contributed by atoms with Crippen LogP contribution < -0.4 is 0 Å². The fourth-order valence-corrected chi connectivity index (χ4v) is 2.78. The van der Waals surface area contributed by atoms with E-state index in [1.54, 1.807) is 7.11 Å². The van der Waals surface area contributed by atoms with Gasteiger partial charge in [0.2, 0.25) is 0 Å². The van der Waals surface area contributed by atoms with Crippen LogP contribution in [0.25, 0.3) is 0 Å². The van der Waals surface area contributed by atoms with Crippen molar-refractivity contribution < 1.29 is 9.53 Å². The molecule has 2 saturated carbocycles. The number of carbonyl (C=O) groups is 1. The van der Waals surface area contributed by atoms with Crippen LogP contribution in [-0.4, -0.2) is 18.5 Å². The Hall–Kier alpha value is -0.370. The van der Waals surface area contributed by atoms with Crippen LogP contribution in [0.2, 0.25) is 0 Å². The van der Waals surface area contributed by atoms with Crippen molar-refractivity contribution in [1.29, 1.82) is 0 Å². The van der Waals surface area contributed by atoms with Crippen molar-refractivity contribution in [2.45, 2.75) is 51.0 Å². The minimum Gasteiger partial charge on any atom is -0.370 e. The van der Waals surface area contributed by atoms with E-state index in [9.17, 15) is 4.79 Å². The molecular formula is C12H20O2. The number of ketones is 1. The first kappa shape index (κ1) is 10.2. The van der Waals surface area contributed by atoms with Crippen molar-refractivity contribution in [1.82, 2.24) is 0 Å². The summed E-state index contributed by atoms with van der Waals surface area (Å²) in [6, 6.07) is 0. The lowest BCUT2D eigenvalue weighted by molar-refractivity contribution is -0.153. The summed E-state index contributed by atoms with van der Waals surface area (Å²) in [4.78, 5) is 12.2. The maximum absolute atomic E-state index is 12.2. The van der Waals surface area contributed by atoms with Gasteiger partial charge < -0.3 is 4.74 Å². The molecule has 2 atom stereocenters. The second kappa shape index (κ2) is 3.65. The van der Waals surface area contributed by atoms with Crippen molar-refractivity contribution in [3.8, 4) is 0 Å². The van der Waals surface area contributed by atoms with Crippen LogP contribution in [0.3, 0.4) is 0 Å². The summed E-state index contributed by atoms with van der Waals surface area (Å²) in [5.74, 6) is 1.14. The van der Waals surface area contributed by atoms with E-state index in [0.717, 1.165) is 32.1 Å². The smallest absolute Gasteiger partial charge is 0.167 e. The molecule has 2 unspecified atom stereocenters. The number of rotatable bonds is 3. The van der Waals surface area contributed by atoms with Crippen LogP contribution in [0.15, 0.2) is 0 Å². The number of methoxy groups -OCH3 is 1. The molecule has 0 aromatic rings. The molecule has 0 amide bonds. The second-order valence-electron chi connectivity index (χ2n) is 4.88. The maximum Gasteiger partial charge on any atom is 0.167 e. The monoisotopic (exact) mass is 196 g/mol. The summed E-state index contributed by atoms with van der Waals surface area (Å²) in [5.41, 5.74) is -0.417. The highest BCUT2D eigenvalue weighted by atomic mass is 16.5. The van der Waals surface area contributed by atoms with E-state index >= 15 is 0 Å². The van der Waals surface area contributed by atoms with Gasteiger partial charge in [-0.15, -0.1) is 0 Å². The highest BCUT2D eigenvalue weighted by Gasteiger charge is 2.50. The van der Waals surface area contributed by atoms with Crippen LogP contribution in [0.4, 0.5) is 0 Å². The Morgan fingerprint density at radius 1 is 1.29 bits per heavy atom. The third kappa shape index (κ3) is 1.50. The largest absolute Gasteiger partial charge is 0.370 e. The number of hydrogen-bond donors (Lipinski definition) is 0. The number of Topliss-reactive ketones (excluding diaryl/α,β-unsaturated/α-hetero) is 1. The normalized spacial score (nSPS) is 38.3. The highest BCUT2D eigenvalue weighted by molar-refractivity contribution is 5.91. The van der Waals surface area contributed by atoms with E-state index in [-0.39, 0.29) is 0 Å². The molecule has 0 heterocycles. The third-order valence-corrected chi connectivity index (χ3v) is 3.96. The average molecular weight is 196 g/mol. The van der Waals surface area contributed by atoms with Crippen LogP contribution >= 0.6 is 0 Å². The van der Waals surface area contributed by atoms with E-state index in [4.69, 9.17) is 4.74 Å². The van der Waals surface area contributed by atoms with Gasteiger partial charge in [-0.1, -0.05) is 19.8 Å². The molecule has 0 aromatic heterocycles. The van der Waals surface area contributed by atoms with Gasteiger partial charge in [0.15, 0.2) is 5.78 Å². The number of ether oxygens (including phenoxy) is 1. The predicted molar refractivity (Wildman–Crippen MR) is 55.1 cm³/mol. The Morgan fingerprint density at radius 2 is 2.00 bits per heavy atom. The first-order valence-electron chi connectivity index (χ1n) is 5.80. The molecule has 14 heavy (non-hydrogen) atoms. The summed E-state index contributed by atoms with van der Waals surface area (Å²) < 4.78 is 5.60. The molecule has 0 spiro atoms. The Kier molecular flexibility index (Phi) is 2.65. The van der Waals surface area contributed by atoms with Gasteiger partial charge in [0.25, 0.3) is 0 Å². The van der Waals surface area contributed by atoms with Crippen molar-refractivity contribution in [3.63, 3.8) is 0 Å². The Balaban J connectivity index is 2.16. The predicted octanol–water partition coefficient (Wildman–Crippen LogP) is 2.56. The molecular weight excluding hydrogens is 176 g/mol. The third-order valence-electron chi connectivity index (χ3n) is 3.96. The fourth-order valence-electron chi connectivity index (χ4n) is 2.78. The second-order valence-corrected chi connectivity index (χ2v) is 4.88. The van der Waals surface area contributed by atoms with Gasteiger partial charge in [0.05, 0.1) is 0 Å². The first-order chi connectivity index (χ1) is 6.70. The van der Waals surface area contributed by atoms with Gasteiger partial charge in [-0.05, 0) is 31.6 Å². The van der Waals surface area contributed by atoms with Gasteiger partial charge in [-0.25, -0.2) is 0 Å². The standard InChI is InChI=1S/C12H20O2/c1-9-5-3-4-8-12(9,14-2)11(13)10-6-7-10/h9-10H,3-8H2,1-2H3. The van der Waals surface area contributed by atoms with E-state index in [0.29, 0.717) is 17.6 Å². The van der Waals surface area contributed by atoms with Gasteiger partial charge in [0, 0.05) is 13.0 Å². The SMILES string of the molecule is COC1(C(=O)C2CC2)CCCCC1C. The van der Waals surface area contributed by atoms with Crippen LogP contribution in [0.5, 0.6) is 0 Å². The van der Waals surface area contributed by atoms with E-state index in [1.807, 2.05) is 0 Å². The lowest BCUT2D eigenvalue weighted by Crippen LogP contribution is -2.49. The van der Waals surface area contributed by atoms with Crippen molar-refractivity contribution in [3.05, 3.63) is 0 Å². The van der Waals surface area contributed by atoms with E-state index in [1.165, 1.54) is 6.42 Å². The zero-order valence-corrected chi connectivity index (χ0v) is 9.21. The maximum atomic E-state index is 12.2. The molecule has 2 fully saturated rings. The van der Waals surface area contributed by atoms with Gasteiger partial charge in [-0.2, -0.15) is 0 Å². The molecule has 0 N–H and O–H groups in total. The minimum atomic E-state index is -0.417. The van der Waals surface area contributed by atoms with Crippen LogP contribution in [0, 0.1) is 11.8 Å². The molecule has 0 saturated heterocycles. The molecule has 0 bridgehead atoms. The summed E-state index contributed by atoms with van der Waals surface area (Å²) in [6.07, 6.45) is 6.68. The molecule has 80 valence electrons. The zero-order valence-electron chi connectivity index (χ0n) is 9.21. The molecule has 0 aromatic carbocycles. The number of hydrogen-bond acceptors (Lipinski definition) is 2. The quantitative estimate of drug-likeness (QED) is 0.693. The lowest BCUT2D eigenvalue weighted by Gasteiger charge is -2.40. The zero-order chi connectivity index (χ0) is 10.2. The van der Waals surface area contributed by atoms with Gasteiger partial charge in [0.1, 0.15) is 5.60 Å². The van der Waals surface area contributed by atoms with Crippen molar-refractivity contribution in [2.75, 3.05) is 7.11 Å². The first-order valence-corrected chi connectivity index (χ1v) is 5.80. The molecule has 2 aliphatic carbocycles. The van der Waals surface area contributed by atoms with E-state index in [2.05, 4.69) is 6.92 Å². The van der Waals surface area contributed by atoms with Crippen LogP contribution in [0.1, 0.15) is 45.4 Å². The topological polar surface area (TPSA) is 26.3 Å². The van der Waals surface area contributed by atoms with Crippen molar-refractivity contribution in [2.24, 2.45) is 11.8 Å². The summed E-state index contributed by atoms with van der Waals surface area (Å²) in [6.45, 7) is 2.17. The fraction of sp³-hybridized carbons (Fsp3) is 0.917. The van der Waals surface area contributed by atoms with Gasteiger partial charge >= 0.3 is 0 Å². The Morgan fingerprint density at radius 3 is 2.50 bits per heavy atom. The summed E-state index contributed by atoms with van der Waals surface area (Å²) >= 11 is 0. The minimum absolute atomic E-state index is 0.329. The average Bonchev–Trinajstić information content (AvgIpc) is 3.01. The summed E-state index contributed by atoms with van der Waals surface area (Å²) in [7, 11) is 1.71. The molecule has 2 rings (SSSR count). The molecule has 0 radical (unpaired) electrons. The highest BCUT2D eigenvalue weighted by Crippen LogP contribution is 2.43. The van der Waals surface area contributed by atoms with Crippen LogP contribution in [-0.2, 0) is 9.53 Å². The molecule has 0 aliphatic heterocycles. The Labute approximate surface area is 86.0 Å². The Bertz CT molecular complexity index is 232. The lowest BCUT2D eigenvalue weighted by atomic mass is 9.72. The van der Waals surface area contributed by atoms with E-state index < -0.39 is 5.60 Å². The van der Waals surface area contributed by atoms with Gasteiger partial charge in [-0.3, -0.25) is 4.79 Å². The number of carbonyl (C=O) groups excluding carboxylic acids is 1. The molecule has 2 nitrogen and oxygen atoms in total. The molecule has 2 aliphatic rings. The molecule has 2 heteroatoms. The van der Waals surface area contributed by atoms with Crippen molar-refractivity contribution >= 4 is 5.78 Å². The summed E-state index contributed by atoms with van der Waals surface area (Å²) in [5, 5.41) is 0.